The van der Waals surface area contributed by atoms with Gasteiger partial charge in [-0.05, 0) is 149 Å². The molecule has 0 bridgehead atoms. The van der Waals surface area contributed by atoms with Gasteiger partial charge in [-0.25, -0.2) is 8.78 Å². The molecule has 0 aromatic heterocycles. The van der Waals surface area contributed by atoms with Crippen molar-refractivity contribution in [2.24, 2.45) is 47.3 Å². The summed E-state index contributed by atoms with van der Waals surface area (Å²) in [7, 11) is 0. The van der Waals surface area contributed by atoms with E-state index in [1.54, 1.807) is 12.5 Å². The number of phenolic OH excluding ortho intramolecular Hbond substituents is 1. The Morgan fingerprint density at radius 2 is 0.965 bits per heavy atom. The fraction of sp³-hybridized carbons (Fsp3) is 0.696. The van der Waals surface area contributed by atoms with Crippen LogP contribution in [0.15, 0.2) is 34.1 Å². The highest BCUT2D eigenvalue weighted by Crippen LogP contribution is 2.44. The third-order valence-electron chi connectivity index (χ3n) is 13.4. The van der Waals surface area contributed by atoms with Gasteiger partial charge in [0.15, 0.2) is 23.1 Å². The first kappa shape index (κ1) is 47.3. The summed E-state index contributed by atoms with van der Waals surface area (Å²) in [6, 6.07) is 5.27. The highest BCUT2D eigenvalue weighted by atomic mass is 32.2. The first-order chi connectivity index (χ1) is 27.4. The molecule has 6 rings (SSSR count). The molecular formula is C46H66F4O5S2. The molecule has 0 amide bonds. The van der Waals surface area contributed by atoms with Crippen LogP contribution < -0.4 is 4.74 Å². The van der Waals surface area contributed by atoms with Crippen molar-refractivity contribution in [1.82, 2.24) is 0 Å². The average Bonchev–Trinajstić information content (AvgIpc) is 3.23. The molecule has 0 aliphatic heterocycles. The molecule has 57 heavy (non-hydrogen) atoms. The average molecular weight is 839 g/mol. The molecule has 2 aromatic carbocycles. The fourth-order valence-electron chi connectivity index (χ4n) is 10.00. The Bertz CT molecular complexity index is 1540. The second-order valence-electron chi connectivity index (χ2n) is 16.9. The van der Waals surface area contributed by atoms with Gasteiger partial charge < -0.3 is 14.9 Å². The number of carboxylic acid groups (broad SMARTS) is 1. The van der Waals surface area contributed by atoms with E-state index >= 15 is 0 Å². The molecule has 0 unspecified atom stereocenters. The van der Waals surface area contributed by atoms with Gasteiger partial charge in [0, 0.05) is 9.79 Å². The zero-order chi connectivity index (χ0) is 41.5. The van der Waals surface area contributed by atoms with Gasteiger partial charge in [-0.15, -0.1) is 23.5 Å². The number of aliphatic carboxylic acids is 1. The minimum absolute atomic E-state index is 0.0438. The molecule has 4 aliphatic carbocycles. The lowest BCUT2D eigenvalue weighted by Crippen LogP contribution is -2.30. The van der Waals surface area contributed by atoms with Crippen LogP contribution in [0.5, 0.6) is 11.5 Å². The van der Waals surface area contributed by atoms with Crippen LogP contribution in [0.4, 0.5) is 17.6 Å². The maximum atomic E-state index is 14.1. The number of esters is 1. The second-order valence-corrected chi connectivity index (χ2v) is 18.6. The highest BCUT2D eigenvalue weighted by molar-refractivity contribution is 7.98. The largest absolute Gasteiger partial charge is 0.505 e. The van der Waals surface area contributed by atoms with E-state index in [1.807, 2.05) is 0 Å². The van der Waals surface area contributed by atoms with Gasteiger partial charge in [-0.1, -0.05) is 65.2 Å². The van der Waals surface area contributed by atoms with Gasteiger partial charge in [-0.2, -0.15) is 8.78 Å². The number of ether oxygens (including phenoxy) is 1. The molecule has 0 saturated heterocycles. The maximum Gasteiger partial charge on any atom is 0.314 e. The molecule has 0 heterocycles. The molecule has 0 radical (unpaired) electrons. The summed E-state index contributed by atoms with van der Waals surface area (Å²) in [5.74, 6) is -1.20. The van der Waals surface area contributed by atoms with Crippen LogP contribution in [0.25, 0.3) is 0 Å². The smallest absolute Gasteiger partial charge is 0.314 e. The summed E-state index contributed by atoms with van der Waals surface area (Å²) < 4.78 is 58.5. The Morgan fingerprint density at radius 3 is 1.37 bits per heavy atom. The van der Waals surface area contributed by atoms with Crippen molar-refractivity contribution in [3.63, 3.8) is 0 Å². The molecule has 5 nitrogen and oxygen atoms in total. The minimum atomic E-state index is -1.18. The van der Waals surface area contributed by atoms with Crippen molar-refractivity contribution in [1.29, 1.82) is 0 Å². The van der Waals surface area contributed by atoms with Crippen molar-refractivity contribution >= 4 is 35.5 Å². The predicted molar refractivity (Wildman–Crippen MR) is 223 cm³/mol. The maximum absolute atomic E-state index is 14.1. The number of carbonyl (C=O) groups is 2. The van der Waals surface area contributed by atoms with E-state index in [4.69, 9.17) is 14.9 Å². The number of carboxylic acids is 1. The van der Waals surface area contributed by atoms with E-state index in [0.717, 1.165) is 97.7 Å². The molecule has 4 aliphatic rings. The Balaban J connectivity index is 0.000000211. The molecule has 320 valence electrons. The fourth-order valence-corrected chi connectivity index (χ4v) is 10.9. The Labute approximate surface area is 347 Å². The third kappa shape index (κ3) is 13.8. The van der Waals surface area contributed by atoms with Gasteiger partial charge in [0.05, 0.1) is 11.8 Å². The predicted octanol–water partition coefficient (Wildman–Crippen LogP) is 13.9. The normalized spacial score (nSPS) is 27.6. The SMILES string of the molecule is CCCC1CCC(C2CCC(C(=O)O)CC2)CC1.CCCC1CCC(C2CCC(C(=O)Oc3ccc(SC)c(F)c3F)CC2)CC1.CSc1ccc(O)c(F)c1F. The van der Waals surface area contributed by atoms with Crippen LogP contribution in [0.3, 0.4) is 0 Å². The van der Waals surface area contributed by atoms with E-state index in [0.29, 0.717) is 5.92 Å². The summed E-state index contributed by atoms with van der Waals surface area (Å²) in [6.45, 7) is 4.56. The van der Waals surface area contributed by atoms with E-state index in [-0.39, 0.29) is 27.4 Å². The van der Waals surface area contributed by atoms with Gasteiger partial charge >= 0.3 is 11.9 Å². The van der Waals surface area contributed by atoms with E-state index in [2.05, 4.69) is 13.8 Å². The zero-order valence-corrected chi connectivity index (χ0v) is 36.2. The van der Waals surface area contributed by atoms with E-state index < -0.39 is 41.0 Å². The van der Waals surface area contributed by atoms with Crippen LogP contribution in [0, 0.1) is 70.6 Å². The number of hydrogen-bond acceptors (Lipinski definition) is 6. The Kier molecular flexibility index (Phi) is 19.9. The number of thioether (sulfide) groups is 2. The molecule has 4 saturated carbocycles. The van der Waals surface area contributed by atoms with Gasteiger partial charge in [0.25, 0.3) is 0 Å². The first-order valence-corrected chi connectivity index (χ1v) is 24.0. The molecule has 0 spiro atoms. The molecular weight excluding hydrogens is 773 g/mol. The number of rotatable bonds is 11. The number of carbonyl (C=O) groups excluding carboxylic acids is 1. The van der Waals surface area contributed by atoms with Crippen LogP contribution >= 0.6 is 23.5 Å². The van der Waals surface area contributed by atoms with Gasteiger partial charge in [-0.3, -0.25) is 9.59 Å². The number of hydrogen-bond donors (Lipinski definition) is 2. The summed E-state index contributed by atoms with van der Waals surface area (Å²) in [5.41, 5.74) is 0. The van der Waals surface area contributed by atoms with E-state index in [9.17, 15) is 27.2 Å². The molecule has 0 atom stereocenters. The van der Waals surface area contributed by atoms with Crippen molar-refractivity contribution in [2.45, 2.75) is 152 Å². The lowest BCUT2D eigenvalue weighted by molar-refractivity contribution is -0.143. The van der Waals surface area contributed by atoms with Gasteiger partial charge in [0.2, 0.25) is 11.6 Å². The third-order valence-corrected chi connectivity index (χ3v) is 14.9. The molecule has 2 aromatic rings. The van der Waals surface area contributed by atoms with Crippen molar-refractivity contribution < 1.29 is 42.1 Å². The minimum Gasteiger partial charge on any atom is -0.505 e. The summed E-state index contributed by atoms with van der Waals surface area (Å²) in [6.07, 6.45) is 27.6. The summed E-state index contributed by atoms with van der Waals surface area (Å²) in [4.78, 5) is 23.8. The number of benzene rings is 2. The highest BCUT2D eigenvalue weighted by Gasteiger charge is 2.35. The topological polar surface area (TPSA) is 83.8 Å². The molecule has 4 fully saturated rings. The Morgan fingerprint density at radius 1 is 0.579 bits per heavy atom. The number of phenols is 1. The zero-order valence-electron chi connectivity index (χ0n) is 34.5. The van der Waals surface area contributed by atoms with Crippen molar-refractivity contribution in [3.05, 3.63) is 47.5 Å². The standard InChI is InChI=1S/C23H32F2O2S.C16H28O2.C7H6F2OS/c1-3-4-15-5-7-16(8-6-15)17-9-11-18(12-10-17)23(26)27-19-13-14-20(28-2)22(25)21(19)24;1-2-3-12-4-6-13(7-5-12)14-8-10-15(11-9-14)16(17)18;1-11-5-3-2-4(10)6(8)7(5)9/h13-18H,3-12H2,1-2H3;12-15H,2-11H2,1H3,(H,17,18);2-3,10H,1H3. The number of aromatic hydroxyl groups is 1. The monoisotopic (exact) mass is 838 g/mol. The van der Waals surface area contributed by atoms with Crippen LogP contribution in [0.1, 0.15) is 142 Å². The van der Waals surface area contributed by atoms with Crippen LogP contribution in [0.2, 0.25) is 0 Å². The lowest BCUT2D eigenvalue weighted by Gasteiger charge is -2.37. The van der Waals surface area contributed by atoms with Crippen LogP contribution in [-0.2, 0) is 9.59 Å². The van der Waals surface area contributed by atoms with Crippen molar-refractivity contribution in [2.75, 3.05) is 12.5 Å². The molecule has 2 N–H and O–H groups in total. The van der Waals surface area contributed by atoms with Gasteiger partial charge in [0.1, 0.15) is 0 Å². The van der Waals surface area contributed by atoms with Crippen LogP contribution in [-0.4, -0.2) is 34.7 Å². The second kappa shape index (κ2) is 24.0. The Hall–Kier alpha value is -2.40. The van der Waals surface area contributed by atoms with Crippen molar-refractivity contribution in [3.8, 4) is 11.5 Å². The first-order valence-electron chi connectivity index (χ1n) is 21.6. The number of halogens is 4. The lowest BCUT2D eigenvalue weighted by atomic mass is 9.69. The quantitative estimate of drug-likeness (QED) is 0.101. The summed E-state index contributed by atoms with van der Waals surface area (Å²) in [5, 5.41) is 17.7. The summed E-state index contributed by atoms with van der Waals surface area (Å²) >= 11 is 2.22. The van der Waals surface area contributed by atoms with E-state index in [1.165, 1.54) is 108 Å². The molecule has 11 heteroatoms.